The van der Waals surface area contributed by atoms with E-state index in [1.807, 2.05) is 59.5 Å². The molecule has 3 aromatic carbocycles. The van der Waals surface area contributed by atoms with E-state index in [2.05, 4.69) is 31.2 Å². The van der Waals surface area contributed by atoms with Crippen molar-refractivity contribution < 1.29 is 14.3 Å². The third-order valence-corrected chi connectivity index (χ3v) is 6.05. The first kappa shape index (κ1) is 20.0. The van der Waals surface area contributed by atoms with Crippen molar-refractivity contribution >= 4 is 11.6 Å². The first-order chi connectivity index (χ1) is 14.7. The van der Waals surface area contributed by atoms with Gasteiger partial charge in [-0.2, -0.15) is 0 Å². The summed E-state index contributed by atoms with van der Waals surface area (Å²) in [6.07, 6.45) is 0.906. The molecule has 1 fully saturated rings. The van der Waals surface area contributed by atoms with E-state index in [4.69, 9.17) is 9.47 Å². The molecule has 1 aliphatic heterocycles. The lowest BCUT2D eigenvalue weighted by atomic mass is 9.70. The monoisotopic (exact) mass is 401 g/mol. The van der Waals surface area contributed by atoms with Gasteiger partial charge in [-0.1, -0.05) is 49.4 Å². The lowest BCUT2D eigenvalue weighted by molar-refractivity contribution is -0.131. The van der Waals surface area contributed by atoms with Crippen LogP contribution in [0.4, 0.5) is 5.69 Å². The zero-order valence-electron chi connectivity index (χ0n) is 17.6. The molecule has 4 heteroatoms. The highest BCUT2D eigenvalue weighted by atomic mass is 16.5. The summed E-state index contributed by atoms with van der Waals surface area (Å²) in [7, 11) is 3.31. The maximum atomic E-state index is 13.5. The first-order valence-electron chi connectivity index (χ1n) is 10.3. The fourth-order valence-electron chi connectivity index (χ4n) is 4.49. The highest BCUT2D eigenvalue weighted by Gasteiger charge is 2.52. The molecule has 154 valence electrons. The molecule has 0 saturated carbocycles. The number of carbonyl (C=O) groups is 1. The molecule has 1 saturated heterocycles. The van der Waals surface area contributed by atoms with Gasteiger partial charge in [-0.15, -0.1) is 0 Å². The van der Waals surface area contributed by atoms with Crippen LogP contribution in [0.1, 0.15) is 36.4 Å². The highest BCUT2D eigenvalue weighted by molar-refractivity contribution is 6.04. The average Bonchev–Trinajstić information content (AvgIpc) is 2.81. The van der Waals surface area contributed by atoms with E-state index in [-0.39, 0.29) is 23.8 Å². The summed E-state index contributed by atoms with van der Waals surface area (Å²) in [6.45, 7) is 2.16. The Hall–Kier alpha value is -3.27. The van der Waals surface area contributed by atoms with Gasteiger partial charge < -0.3 is 14.4 Å². The third-order valence-electron chi connectivity index (χ3n) is 6.05. The Morgan fingerprint density at radius 2 is 1.40 bits per heavy atom. The van der Waals surface area contributed by atoms with Crippen LogP contribution in [0.25, 0.3) is 0 Å². The molecule has 1 unspecified atom stereocenters. The second-order valence-electron chi connectivity index (χ2n) is 7.58. The minimum Gasteiger partial charge on any atom is -0.497 e. The summed E-state index contributed by atoms with van der Waals surface area (Å²) in [5.74, 6) is 1.82. The smallest absolute Gasteiger partial charge is 0.233 e. The molecule has 1 amide bonds. The maximum absolute atomic E-state index is 13.5. The van der Waals surface area contributed by atoms with Crippen LogP contribution in [0.15, 0.2) is 78.9 Å². The molecular weight excluding hydrogens is 374 g/mol. The maximum Gasteiger partial charge on any atom is 0.233 e. The normalized spacial score (nSPS) is 19.2. The van der Waals surface area contributed by atoms with Gasteiger partial charge in [0.25, 0.3) is 0 Å². The van der Waals surface area contributed by atoms with Crippen LogP contribution in [0.5, 0.6) is 11.5 Å². The van der Waals surface area contributed by atoms with Gasteiger partial charge in [0, 0.05) is 5.69 Å². The van der Waals surface area contributed by atoms with Crippen LogP contribution in [-0.4, -0.2) is 20.1 Å². The van der Waals surface area contributed by atoms with Crippen LogP contribution >= 0.6 is 0 Å². The van der Waals surface area contributed by atoms with Crippen LogP contribution in [0.3, 0.4) is 0 Å². The largest absolute Gasteiger partial charge is 0.497 e. The van der Waals surface area contributed by atoms with Crippen LogP contribution in [0, 0.1) is 5.92 Å². The number of rotatable bonds is 7. The van der Waals surface area contributed by atoms with Crippen molar-refractivity contribution in [3.63, 3.8) is 0 Å². The van der Waals surface area contributed by atoms with E-state index in [0.717, 1.165) is 29.2 Å². The van der Waals surface area contributed by atoms with Gasteiger partial charge in [-0.25, -0.2) is 0 Å². The topological polar surface area (TPSA) is 38.8 Å². The predicted octanol–water partition coefficient (Wildman–Crippen LogP) is 5.60. The quantitative estimate of drug-likeness (QED) is 0.484. The Bertz CT molecular complexity index is 983. The van der Waals surface area contributed by atoms with Gasteiger partial charge in [0.2, 0.25) is 5.91 Å². The van der Waals surface area contributed by atoms with Crippen molar-refractivity contribution in [2.75, 3.05) is 19.1 Å². The third kappa shape index (κ3) is 3.54. The number of carbonyl (C=O) groups excluding carboxylic acids is 1. The van der Waals surface area contributed by atoms with Gasteiger partial charge in [0.1, 0.15) is 11.5 Å². The van der Waals surface area contributed by atoms with Crippen molar-refractivity contribution in [3.8, 4) is 11.5 Å². The molecule has 1 heterocycles. The van der Waals surface area contributed by atoms with Gasteiger partial charge in [0.15, 0.2) is 0 Å². The van der Waals surface area contributed by atoms with E-state index >= 15 is 0 Å². The Morgan fingerprint density at radius 3 is 1.93 bits per heavy atom. The molecule has 4 nitrogen and oxygen atoms in total. The zero-order valence-corrected chi connectivity index (χ0v) is 17.6. The second kappa shape index (κ2) is 8.62. The molecule has 3 aromatic rings. The number of hydrogen-bond acceptors (Lipinski definition) is 3. The Kier molecular flexibility index (Phi) is 5.75. The average molecular weight is 402 g/mol. The summed E-state index contributed by atoms with van der Waals surface area (Å²) in [5, 5.41) is 0. The van der Waals surface area contributed by atoms with E-state index in [1.165, 1.54) is 5.56 Å². The van der Waals surface area contributed by atoms with Crippen molar-refractivity contribution in [1.82, 2.24) is 0 Å². The summed E-state index contributed by atoms with van der Waals surface area (Å²) < 4.78 is 10.6. The molecule has 0 radical (unpaired) electrons. The molecule has 0 N–H and O–H groups in total. The van der Waals surface area contributed by atoms with Crippen LogP contribution in [-0.2, 0) is 4.79 Å². The summed E-state index contributed by atoms with van der Waals surface area (Å²) in [4.78, 5) is 15.4. The van der Waals surface area contributed by atoms with Crippen molar-refractivity contribution in [1.29, 1.82) is 0 Å². The molecule has 0 aliphatic carbocycles. The van der Waals surface area contributed by atoms with E-state index in [1.54, 1.807) is 14.2 Å². The van der Waals surface area contributed by atoms with Crippen LogP contribution < -0.4 is 14.4 Å². The highest BCUT2D eigenvalue weighted by Crippen LogP contribution is 2.51. The summed E-state index contributed by atoms with van der Waals surface area (Å²) in [6, 6.07) is 26.1. The second-order valence-corrected chi connectivity index (χ2v) is 7.58. The van der Waals surface area contributed by atoms with Crippen molar-refractivity contribution in [2.45, 2.75) is 25.3 Å². The van der Waals surface area contributed by atoms with Crippen LogP contribution in [0.2, 0.25) is 0 Å². The first-order valence-corrected chi connectivity index (χ1v) is 10.3. The molecule has 0 bridgehead atoms. The van der Waals surface area contributed by atoms with Gasteiger partial charge in [-0.3, -0.25) is 4.79 Å². The lowest BCUT2D eigenvalue weighted by Crippen LogP contribution is -2.57. The number of methoxy groups -OCH3 is 2. The number of amides is 1. The van der Waals surface area contributed by atoms with Crippen molar-refractivity contribution in [2.24, 2.45) is 5.92 Å². The fourth-order valence-corrected chi connectivity index (χ4v) is 4.49. The van der Waals surface area contributed by atoms with Crippen molar-refractivity contribution in [3.05, 3.63) is 90.0 Å². The zero-order chi connectivity index (χ0) is 21.1. The number of β-lactam (4-membered cyclic amide) rings is 1. The van der Waals surface area contributed by atoms with Gasteiger partial charge in [-0.05, 0) is 59.9 Å². The summed E-state index contributed by atoms with van der Waals surface area (Å²) in [5.41, 5.74) is 3.22. The molecule has 30 heavy (non-hydrogen) atoms. The Morgan fingerprint density at radius 1 is 0.833 bits per heavy atom. The Labute approximate surface area is 178 Å². The van der Waals surface area contributed by atoms with Gasteiger partial charge in [0.05, 0.1) is 26.2 Å². The number of ether oxygens (including phenoxy) is 2. The number of benzene rings is 3. The number of hydrogen-bond donors (Lipinski definition) is 0. The molecule has 4 rings (SSSR count). The van der Waals surface area contributed by atoms with Gasteiger partial charge >= 0.3 is 0 Å². The van der Waals surface area contributed by atoms with E-state index < -0.39 is 0 Å². The van der Waals surface area contributed by atoms with E-state index in [0.29, 0.717) is 0 Å². The molecular formula is C26H27NO3. The molecule has 1 aliphatic rings. The SMILES string of the molecule is CCC(c1ccccc1)[C@H]1C(=O)N(c2ccc(OC)cc2)[C@@H]1c1ccc(OC)cc1. The summed E-state index contributed by atoms with van der Waals surface area (Å²) >= 11 is 0. The predicted molar refractivity (Wildman–Crippen MR) is 119 cm³/mol. The fraction of sp³-hybridized carbons (Fsp3) is 0.269. The lowest BCUT2D eigenvalue weighted by Gasteiger charge is -2.50. The molecule has 3 atom stereocenters. The molecule has 0 aromatic heterocycles. The number of anilines is 1. The van der Waals surface area contributed by atoms with E-state index in [9.17, 15) is 4.79 Å². The minimum absolute atomic E-state index is 0.0260. The minimum atomic E-state index is -0.104. The molecule has 0 spiro atoms. The standard InChI is InChI=1S/C26H27NO3/c1-4-23(18-8-6-5-7-9-18)24-25(19-10-14-21(29-2)15-11-19)27(26(24)28)20-12-16-22(30-3)17-13-20/h5-17,23-25H,4H2,1-3H3/t23?,24-,25-/m1/s1. The Balaban J connectivity index is 1.74. The number of nitrogens with zero attached hydrogens (tertiary/aromatic N) is 1.